The minimum absolute atomic E-state index is 0.552. The third-order valence-electron chi connectivity index (χ3n) is 6.68. The van der Waals surface area contributed by atoms with Gasteiger partial charge in [0.2, 0.25) is 0 Å². The molecule has 8 nitrogen and oxygen atoms in total. The molecule has 1 fully saturated rings. The Bertz CT molecular complexity index is 1460. The zero-order valence-corrected chi connectivity index (χ0v) is 23.2. The number of aromatic nitrogens is 4. The molecule has 1 aliphatic rings. The highest BCUT2D eigenvalue weighted by molar-refractivity contribution is 6.39. The van der Waals surface area contributed by atoms with Crippen LogP contribution in [-0.2, 0) is 13.1 Å². The summed E-state index contributed by atoms with van der Waals surface area (Å²) in [5, 5.41) is 10.5. The molecule has 0 spiro atoms. The summed E-state index contributed by atoms with van der Waals surface area (Å²) in [6.07, 6.45) is 4.77. The molecule has 3 heterocycles. The number of nitrogens with one attached hydrogen (secondary N) is 3. The van der Waals surface area contributed by atoms with Crippen molar-refractivity contribution in [2.75, 3.05) is 44.9 Å². The average molecular weight is 550 g/mol. The average Bonchev–Trinajstić information content (AvgIpc) is 2.92. The van der Waals surface area contributed by atoms with Crippen molar-refractivity contribution in [1.82, 2.24) is 30.2 Å². The van der Waals surface area contributed by atoms with E-state index in [0.717, 1.165) is 59.1 Å². The van der Waals surface area contributed by atoms with Crippen LogP contribution in [0.1, 0.15) is 17.8 Å². The molecule has 4 aromatic rings. The van der Waals surface area contributed by atoms with E-state index in [9.17, 15) is 0 Å². The first-order valence-electron chi connectivity index (χ1n) is 12.6. The van der Waals surface area contributed by atoms with Crippen molar-refractivity contribution in [2.45, 2.75) is 19.5 Å². The van der Waals surface area contributed by atoms with Gasteiger partial charge < -0.3 is 16.0 Å². The summed E-state index contributed by atoms with van der Waals surface area (Å²) in [6, 6.07) is 11.7. The van der Waals surface area contributed by atoms with Crippen LogP contribution in [0.2, 0.25) is 10.0 Å². The second kappa shape index (κ2) is 11.6. The van der Waals surface area contributed by atoms with Crippen LogP contribution >= 0.6 is 23.2 Å². The Labute approximate surface area is 232 Å². The minimum atomic E-state index is 0.552. The van der Waals surface area contributed by atoms with Crippen molar-refractivity contribution in [3.63, 3.8) is 0 Å². The van der Waals surface area contributed by atoms with Gasteiger partial charge in [-0.1, -0.05) is 59.6 Å². The first-order valence-corrected chi connectivity index (χ1v) is 13.3. The number of hydrogen-bond donors (Lipinski definition) is 3. The van der Waals surface area contributed by atoms with Crippen molar-refractivity contribution in [1.29, 1.82) is 0 Å². The normalized spacial score (nSPS) is 13.3. The van der Waals surface area contributed by atoms with Crippen LogP contribution in [0.3, 0.4) is 0 Å². The van der Waals surface area contributed by atoms with Crippen molar-refractivity contribution >= 4 is 34.8 Å². The molecule has 0 saturated carbocycles. The third kappa shape index (κ3) is 5.17. The number of nitrogens with zero attached hydrogens (tertiary/aromatic N) is 5. The number of likely N-dealkylation sites (tertiary alicyclic amines) is 1. The highest BCUT2D eigenvalue weighted by atomic mass is 35.5. The molecule has 1 aliphatic heterocycles. The van der Waals surface area contributed by atoms with E-state index in [1.807, 2.05) is 57.5 Å². The fourth-order valence-electron chi connectivity index (χ4n) is 4.53. The van der Waals surface area contributed by atoms with E-state index in [1.54, 1.807) is 12.4 Å². The van der Waals surface area contributed by atoms with Gasteiger partial charge in [-0.3, -0.25) is 14.9 Å². The Morgan fingerprint density at radius 1 is 0.737 bits per heavy atom. The van der Waals surface area contributed by atoms with Gasteiger partial charge in [0.15, 0.2) is 0 Å². The minimum Gasteiger partial charge on any atom is -0.372 e. The molecule has 1 saturated heterocycles. The predicted molar refractivity (Wildman–Crippen MR) is 156 cm³/mol. The molecular formula is C28H30Cl2N8. The molecule has 3 N–H and O–H groups in total. The molecule has 0 unspecified atom stereocenters. The zero-order chi connectivity index (χ0) is 26.6. The van der Waals surface area contributed by atoms with E-state index in [4.69, 9.17) is 38.2 Å². The van der Waals surface area contributed by atoms with E-state index in [-0.39, 0.29) is 0 Å². The van der Waals surface area contributed by atoms with Crippen LogP contribution in [-0.4, -0.2) is 59.1 Å². The maximum Gasteiger partial charge on any atom is 0.149 e. The van der Waals surface area contributed by atoms with Crippen LogP contribution in [0.15, 0.2) is 48.8 Å². The standard InChI is InChI=1S/C28H30Cl2N8/c1-31-13-23-27(32-2)36-21(14-34-23)19-9-4-7-17(25(19)29)18-8-5-10-20(26(18)30)22-15-35-24(28(33-3)37-22)16-38-11-6-12-38/h4-5,7-10,14-15,31H,6,11-13,16H2,1-3H3,(H,32,36)(H,33,37). The molecule has 0 atom stereocenters. The first kappa shape index (κ1) is 26.3. The Kier molecular flexibility index (Phi) is 8.04. The summed E-state index contributed by atoms with van der Waals surface area (Å²) in [5.41, 5.74) is 6.32. The van der Waals surface area contributed by atoms with Crippen LogP contribution in [0.25, 0.3) is 33.6 Å². The molecule has 38 heavy (non-hydrogen) atoms. The monoisotopic (exact) mass is 548 g/mol. The topological polar surface area (TPSA) is 90.9 Å². The van der Waals surface area contributed by atoms with E-state index < -0.39 is 0 Å². The van der Waals surface area contributed by atoms with Gasteiger partial charge in [0.05, 0.1) is 45.2 Å². The molecule has 196 valence electrons. The van der Waals surface area contributed by atoms with Crippen LogP contribution < -0.4 is 16.0 Å². The Balaban J connectivity index is 1.52. The first-order chi connectivity index (χ1) is 18.5. The summed E-state index contributed by atoms with van der Waals surface area (Å²) in [4.78, 5) is 21.3. The summed E-state index contributed by atoms with van der Waals surface area (Å²) >= 11 is 14.0. The van der Waals surface area contributed by atoms with E-state index >= 15 is 0 Å². The van der Waals surface area contributed by atoms with Gasteiger partial charge in [-0.2, -0.15) is 0 Å². The lowest BCUT2D eigenvalue weighted by atomic mass is 9.98. The van der Waals surface area contributed by atoms with Crippen LogP contribution in [0, 0.1) is 0 Å². The Morgan fingerprint density at radius 2 is 1.24 bits per heavy atom. The quantitative estimate of drug-likeness (QED) is 0.249. The second-order valence-corrected chi connectivity index (χ2v) is 9.85. The fourth-order valence-corrected chi connectivity index (χ4v) is 5.18. The summed E-state index contributed by atoms with van der Waals surface area (Å²) in [7, 11) is 5.57. The van der Waals surface area contributed by atoms with E-state index in [1.165, 1.54) is 6.42 Å². The van der Waals surface area contributed by atoms with Gasteiger partial charge in [-0.15, -0.1) is 0 Å². The smallest absolute Gasteiger partial charge is 0.149 e. The number of halogens is 2. The Morgan fingerprint density at radius 3 is 1.71 bits per heavy atom. The van der Waals surface area contributed by atoms with Gasteiger partial charge in [0.25, 0.3) is 0 Å². The maximum atomic E-state index is 7.00. The van der Waals surface area contributed by atoms with Gasteiger partial charge in [0, 0.05) is 49.4 Å². The van der Waals surface area contributed by atoms with Gasteiger partial charge in [-0.25, -0.2) is 9.97 Å². The van der Waals surface area contributed by atoms with Gasteiger partial charge in [-0.05, 0) is 26.6 Å². The highest BCUT2D eigenvalue weighted by Gasteiger charge is 2.20. The third-order valence-corrected chi connectivity index (χ3v) is 7.49. The molecule has 10 heteroatoms. The largest absolute Gasteiger partial charge is 0.372 e. The number of anilines is 2. The molecular weight excluding hydrogens is 519 g/mol. The maximum absolute atomic E-state index is 7.00. The summed E-state index contributed by atoms with van der Waals surface area (Å²) in [5.74, 6) is 1.46. The van der Waals surface area contributed by atoms with Crippen LogP contribution in [0.5, 0.6) is 0 Å². The number of hydrogen-bond acceptors (Lipinski definition) is 8. The highest BCUT2D eigenvalue weighted by Crippen LogP contribution is 2.42. The van der Waals surface area contributed by atoms with Gasteiger partial charge in [0.1, 0.15) is 11.6 Å². The molecule has 0 aliphatic carbocycles. The van der Waals surface area contributed by atoms with Gasteiger partial charge >= 0.3 is 0 Å². The van der Waals surface area contributed by atoms with Crippen LogP contribution in [0.4, 0.5) is 11.6 Å². The molecule has 0 radical (unpaired) electrons. The van der Waals surface area contributed by atoms with Crippen molar-refractivity contribution < 1.29 is 0 Å². The lowest BCUT2D eigenvalue weighted by Crippen LogP contribution is -2.36. The SMILES string of the molecule is CNCc1ncc(-c2cccc(-c3cccc(-c4cnc(CN5CCC5)c(NC)n4)c3Cl)c2Cl)nc1NC. The Hall–Kier alpha value is -3.30. The number of benzene rings is 2. The molecule has 2 aromatic carbocycles. The van der Waals surface area contributed by atoms with E-state index in [0.29, 0.717) is 33.8 Å². The molecule has 0 amide bonds. The molecule has 2 aromatic heterocycles. The predicted octanol–water partition coefficient (Wildman–Crippen LogP) is 5.58. The second-order valence-electron chi connectivity index (χ2n) is 9.10. The molecule has 5 rings (SSSR count). The lowest BCUT2D eigenvalue weighted by molar-refractivity contribution is 0.170. The van der Waals surface area contributed by atoms with Crippen molar-refractivity contribution in [3.8, 4) is 33.6 Å². The van der Waals surface area contributed by atoms with Crippen molar-refractivity contribution in [2.24, 2.45) is 0 Å². The van der Waals surface area contributed by atoms with E-state index in [2.05, 4.69) is 25.8 Å². The summed E-state index contributed by atoms with van der Waals surface area (Å²) in [6.45, 7) is 3.59. The fraction of sp³-hybridized carbons (Fsp3) is 0.286. The lowest BCUT2D eigenvalue weighted by Gasteiger charge is -2.30. The summed E-state index contributed by atoms with van der Waals surface area (Å²) < 4.78 is 0. The molecule has 0 bridgehead atoms. The number of rotatable bonds is 9. The zero-order valence-electron chi connectivity index (χ0n) is 21.6. The van der Waals surface area contributed by atoms with Crippen molar-refractivity contribution in [3.05, 3.63) is 70.2 Å².